The molecule has 0 saturated carbocycles. The van der Waals surface area contributed by atoms with Crippen LogP contribution >= 0.6 is 0 Å². The SMILES string of the molecule is COCCCN(C(=O)c1cc(C)n(Cc2ccco2)c1C)C1CCS(=O)(=O)C1. The van der Waals surface area contributed by atoms with Crippen LogP contribution in [0.15, 0.2) is 28.9 Å². The summed E-state index contributed by atoms with van der Waals surface area (Å²) in [6.45, 7) is 5.44. The number of hydrogen-bond acceptors (Lipinski definition) is 5. The molecule has 1 unspecified atom stereocenters. The van der Waals surface area contributed by atoms with E-state index in [0.29, 0.717) is 38.1 Å². The van der Waals surface area contributed by atoms with Crippen LogP contribution in [0.4, 0.5) is 0 Å². The molecule has 0 radical (unpaired) electrons. The molecule has 8 heteroatoms. The van der Waals surface area contributed by atoms with Crippen LogP contribution in [0.5, 0.6) is 0 Å². The van der Waals surface area contributed by atoms with Gasteiger partial charge in [0.15, 0.2) is 9.84 Å². The quantitative estimate of drug-likeness (QED) is 0.627. The predicted molar refractivity (Wildman–Crippen MR) is 106 cm³/mol. The van der Waals surface area contributed by atoms with Gasteiger partial charge in [-0.15, -0.1) is 0 Å². The minimum Gasteiger partial charge on any atom is -0.467 e. The van der Waals surface area contributed by atoms with Gasteiger partial charge in [0.05, 0.1) is 29.9 Å². The lowest BCUT2D eigenvalue weighted by atomic mass is 10.1. The van der Waals surface area contributed by atoms with E-state index in [-0.39, 0.29) is 23.5 Å². The summed E-state index contributed by atoms with van der Waals surface area (Å²) in [7, 11) is -1.46. The Morgan fingerprint density at radius 1 is 1.39 bits per heavy atom. The summed E-state index contributed by atoms with van der Waals surface area (Å²) in [5.41, 5.74) is 2.44. The number of carbonyl (C=O) groups is 1. The summed E-state index contributed by atoms with van der Waals surface area (Å²) in [4.78, 5) is 15.1. The standard InChI is InChI=1S/C20H28N2O5S/c1-15-12-19(16(2)22(15)13-18-6-4-10-27-18)20(23)21(8-5-9-26-3)17-7-11-28(24,25)14-17/h4,6,10,12,17H,5,7-9,11,13-14H2,1-3H3. The van der Waals surface area contributed by atoms with Gasteiger partial charge >= 0.3 is 0 Å². The summed E-state index contributed by atoms with van der Waals surface area (Å²) < 4.78 is 36.5. The third-order valence-corrected chi connectivity index (χ3v) is 7.11. The first kappa shape index (κ1) is 20.7. The van der Waals surface area contributed by atoms with Gasteiger partial charge in [0.2, 0.25) is 0 Å². The Hall–Kier alpha value is -2.06. The minimum absolute atomic E-state index is 0.0385. The van der Waals surface area contributed by atoms with Gasteiger partial charge in [0, 0.05) is 37.7 Å². The summed E-state index contributed by atoms with van der Waals surface area (Å²) in [6, 6.07) is 5.35. The number of sulfone groups is 1. The molecular formula is C20H28N2O5S. The van der Waals surface area contributed by atoms with E-state index in [2.05, 4.69) is 0 Å². The lowest BCUT2D eigenvalue weighted by molar-refractivity contribution is 0.0673. The van der Waals surface area contributed by atoms with Crippen molar-refractivity contribution in [3.63, 3.8) is 0 Å². The maximum atomic E-state index is 13.4. The number of ether oxygens (including phenoxy) is 1. The third-order valence-electron chi connectivity index (χ3n) is 5.36. The van der Waals surface area contributed by atoms with Gasteiger partial charge in [0.1, 0.15) is 5.76 Å². The molecule has 0 N–H and O–H groups in total. The maximum Gasteiger partial charge on any atom is 0.255 e. The van der Waals surface area contributed by atoms with Crippen molar-refractivity contribution in [3.8, 4) is 0 Å². The molecule has 3 heterocycles. The molecule has 1 aliphatic rings. The summed E-state index contributed by atoms with van der Waals surface area (Å²) in [6.07, 6.45) is 2.80. The average Bonchev–Trinajstić information content (AvgIpc) is 3.35. The van der Waals surface area contributed by atoms with E-state index in [9.17, 15) is 13.2 Å². The van der Waals surface area contributed by atoms with E-state index in [4.69, 9.17) is 9.15 Å². The van der Waals surface area contributed by atoms with Crippen molar-refractivity contribution in [1.82, 2.24) is 9.47 Å². The van der Waals surface area contributed by atoms with E-state index in [0.717, 1.165) is 17.1 Å². The van der Waals surface area contributed by atoms with Crippen molar-refractivity contribution < 1.29 is 22.4 Å². The van der Waals surface area contributed by atoms with Crippen LogP contribution in [0, 0.1) is 13.8 Å². The second-order valence-corrected chi connectivity index (χ2v) is 9.58. The van der Waals surface area contributed by atoms with Gasteiger partial charge < -0.3 is 18.6 Å². The van der Waals surface area contributed by atoms with Gasteiger partial charge in [-0.25, -0.2) is 8.42 Å². The highest BCUT2D eigenvalue weighted by Gasteiger charge is 2.35. The Kier molecular flexibility index (Phi) is 6.30. The monoisotopic (exact) mass is 408 g/mol. The number of hydrogen-bond donors (Lipinski definition) is 0. The topological polar surface area (TPSA) is 81.8 Å². The zero-order valence-corrected chi connectivity index (χ0v) is 17.5. The van der Waals surface area contributed by atoms with Gasteiger partial charge in [0.25, 0.3) is 5.91 Å². The lowest BCUT2D eigenvalue weighted by Crippen LogP contribution is -2.42. The van der Waals surface area contributed by atoms with Gasteiger partial charge in [-0.3, -0.25) is 4.79 Å². The van der Waals surface area contributed by atoms with Crippen LogP contribution in [-0.4, -0.2) is 61.6 Å². The van der Waals surface area contributed by atoms with Crippen LogP contribution in [0.25, 0.3) is 0 Å². The third kappa shape index (κ3) is 4.50. The Morgan fingerprint density at radius 3 is 2.79 bits per heavy atom. The van der Waals surface area contributed by atoms with Crippen LogP contribution < -0.4 is 0 Å². The van der Waals surface area contributed by atoms with Crippen molar-refractivity contribution in [2.24, 2.45) is 0 Å². The van der Waals surface area contributed by atoms with E-state index in [1.807, 2.05) is 36.6 Å². The number of aryl methyl sites for hydroxylation is 1. The van der Waals surface area contributed by atoms with Crippen molar-refractivity contribution in [2.45, 2.75) is 39.3 Å². The summed E-state index contributed by atoms with van der Waals surface area (Å²) in [5, 5.41) is 0. The van der Waals surface area contributed by atoms with E-state index in [1.165, 1.54) is 0 Å². The zero-order chi connectivity index (χ0) is 20.3. The Balaban J connectivity index is 1.85. The maximum absolute atomic E-state index is 13.4. The van der Waals surface area contributed by atoms with Crippen LogP contribution in [0.3, 0.4) is 0 Å². The van der Waals surface area contributed by atoms with Crippen molar-refractivity contribution in [3.05, 3.63) is 47.2 Å². The Morgan fingerprint density at radius 2 is 2.18 bits per heavy atom. The molecule has 1 saturated heterocycles. The number of methoxy groups -OCH3 is 1. The van der Waals surface area contributed by atoms with Crippen LogP contribution in [0.1, 0.15) is 40.3 Å². The number of aromatic nitrogens is 1. The molecule has 0 bridgehead atoms. The largest absolute Gasteiger partial charge is 0.467 e. The van der Waals surface area contributed by atoms with E-state index < -0.39 is 9.84 Å². The molecule has 2 aromatic rings. The number of furan rings is 1. The molecule has 3 rings (SSSR count). The summed E-state index contributed by atoms with van der Waals surface area (Å²) in [5.74, 6) is 0.886. The second-order valence-electron chi connectivity index (χ2n) is 7.35. The molecule has 154 valence electrons. The normalized spacial score (nSPS) is 18.5. The number of nitrogens with zero attached hydrogens (tertiary/aromatic N) is 2. The van der Waals surface area contributed by atoms with Gasteiger partial charge in [-0.05, 0) is 44.9 Å². The fraction of sp³-hybridized carbons (Fsp3) is 0.550. The first-order valence-corrected chi connectivity index (χ1v) is 11.3. The average molecular weight is 409 g/mol. The smallest absolute Gasteiger partial charge is 0.255 e. The highest BCUT2D eigenvalue weighted by atomic mass is 32.2. The fourth-order valence-electron chi connectivity index (χ4n) is 3.82. The zero-order valence-electron chi connectivity index (χ0n) is 16.7. The molecule has 1 amide bonds. The van der Waals surface area contributed by atoms with E-state index >= 15 is 0 Å². The van der Waals surface area contributed by atoms with Gasteiger partial charge in [-0.1, -0.05) is 0 Å². The minimum atomic E-state index is -3.08. The molecular weight excluding hydrogens is 380 g/mol. The number of rotatable bonds is 8. The van der Waals surface area contributed by atoms with Crippen LogP contribution in [-0.2, 0) is 21.1 Å². The molecule has 7 nitrogen and oxygen atoms in total. The fourth-order valence-corrected chi connectivity index (χ4v) is 5.56. The molecule has 1 fully saturated rings. The Labute approximate surface area is 166 Å². The molecule has 0 spiro atoms. The highest BCUT2D eigenvalue weighted by molar-refractivity contribution is 7.91. The number of amides is 1. The molecule has 1 aliphatic heterocycles. The second kappa shape index (κ2) is 8.53. The highest BCUT2D eigenvalue weighted by Crippen LogP contribution is 2.24. The molecule has 0 aromatic carbocycles. The first-order chi connectivity index (χ1) is 13.3. The van der Waals surface area contributed by atoms with Crippen molar-refractivity contribution in [2.75, 3.05) is 31.8 Å². The predicted octanol–water partition coefficient (Wildman–Crippen LogP) is 2.41. The lowest BCUT2D eigenvalue weighted by Gasteiger charge is -2.28. The number of carbonyl (C=O) groups excluding carboxylic acids is 1. The van der Waals surface area contributed by atoms with Crippen LogP contribution in [0.2, 0.25) is 0 Å². The molecule has 1 atom stereocenters. The van der Waals surface area contributed by atoms with Crippen molar-refractivity contribution >= 4 is 15.7 Å². The van der Waals surface area contributed by atoms with Crippen molar-refractivity contribution in [1.29, 1.82) is 0 Å². The molecule has 2 aromatic heterocycles. The van der Waals surface area contributed by atoms with Gasteiger partial charge in [-0.2, -0.15) is 0 Å². The molecule has 0 aliphatic carbocycles. The van der Waals surface area contributed by atoms with E-state index in [1.54, 1.807) is 18.3 Å². The first-order valence-electron chi connectivity index (χ1n) is 9.52. The molecule has 28 heavy (non-hydrogen) atoms. The Bertz CT molecular complexity index is 915. The summed E-state index contributed by atoms with van der Waals surface area (Å²) >= 11 is 0.